The van der Waals surface area contributed by atoms with Crippen LogP contribution in [0, 0.1) is 0 Å². The van der Waals surface area contributed by atoms with Gasteiger partial charge in [0.25, 0.3) is 0 Å². The van der Waals surface area contributed by atoms with E-state index >= 15 is 0 Å². The van der Waals surface area contributed by atoms with Crippen molar-refractivity contribution in [3.63, 3.8) is 0 Å². The number of hydrogen-bond donors (Lipinski definition) is 2. The Labute approximate surface area is 142 Å². The van der Waals surface area contributed by atoms with E-state index in [1.165, 1.54) is 0 Å². The van der Waals surface area contributed by atoms with Crippen molar-refractivity contribution in [2.45, 2.75) is 19.9 Å². The molecule has 2 aromatic rings. The minimum Gasteiger partial charge on any atom is -0.457 e. The molecule has 2 N–H and O–H groups in total. The van der Waals surface area contributed by atoms with Crippen molar-refractivity contribution >= 4 is 11.7 Å². The second-order valence-corrected chi connectivity index (χ2v) is 5.77. The summed E-state index contributed by atoms with van der Waals surface area (Å²) >= 11 is 0. The zero-order chi connectivity index (χ0) is 17.4. The number of pyridine rings is 1. The molecule has 0 saturated heterocycles. The molecular formula is C18H24N4O2. The third kappa shape index (κ3) is 5.89. The summed E-state index contributed by atoms with van der Waals surface area (Å²) in [6.45, 7) is 5.63. The van der Waals surface area contributed by atoms with Gasteiger partial charge in [0.05, 0.1) is 0 Å². The van der Waals surface area contributed by atoms with Crippen molar-refractivity contribution in [1.29, 1.82) is 0 Å². The van der Waals surface area contributed by atoms with E-state index in [4.69, 9.17) is 4.74 Å². The van der Waals surface area contributed by atoms with Gasteiger partial charge in [0.15, 0.2) is 0 Å². The van der Waals surface area contributed by atoms with Crippen LogP contribution < -0.4 is 15.4 Å². The summed E-state index contributed by atoms with van der Waals surface area (Å²) in [5, 5.41) is 5.66. The van der Waals surface area contributed by atoms with Crippen molar-refractivity contribution < 1.29 is 9.53 Å². The molecule has 0 atom stereocenters. The van der Waals surface area contributed by atoms with Crippen molar-refractivity contribution in [2.75, 3.05) is 25.5 Å². The number of hydrogen-bond acceptors (Lipinski definition) is 4. The van der Waals surface area contributed by atoms with Crippen molar-refractivity contribution in [3.05, 3.63) is 48.8 Å². The lowest BCUT2D eigenvalue weighted by Crippen LogP contribution is -2.37. The van der Waals surface area contributed by atoms with Crippen molar-refractivity contribution in [3.8, 4) is 11.5 Å². The zero-order valence-corrected chi connectivity index (χ0v) is 14.3. The van der Waals surface area contributed by atoms with E-state index < -0.39 is 0 Å². The van der Waals surface area contributed by atoms with E-state index in [1.54, 1.807) is 30.6 Å². The molecule has 1 heterocycles. The van der Waals surface area contributed by atoms with Gasteiger partial charge in [0.2, 0.25) is 0 Å². The highest BCUT2D eigenvalue weighted by atomic mass is 16.5. The Kier molecular flexibility index (Phi) is 6.57. The van der Waals surface area contributed by atoms with Gasteiger partial charge in [-0.2, -0.15) is 0 Å². The van der Waals surface area contributed by atoms with E-state index in [9.17, 15) is 4.79 Å². The maximum absolute atomic E-state index is 11.9. The lowest BCUT2D eigenvalue weighted by Gasteiger charge is -2.20. The van der Waals surface area contributed by atoms with Gasteiger partial charge in [0.1, 0.15) is 11.5 Å². The molecule has 24 heavy (non-hydrogen) atoms. The Hall–Kier alpha value is -2.60. The molecule has 0 aliphatic rings. The highest BCUT2D eigenvalue weighted by Crippen LogP contribution is 2.23. The van der Waals surface area contributed by atoms with Crippen LogP contribution in [-0.4, -0.2) is 42.1 Å². The number of aromatic nitrogens is 1. The van der Waals surface area contributed by atoms with Gasteiger partial charge in [0, 0.05) is 43.3 Å². The van der Waals surface area contributed by atoms with E-state index in [0.29, 0.717) is 29.8 Å². The number of amides is 2. The third-order valence-electron chi connectivity index (χ3n) is 3.61. The second-order valence-electron chi connectivity index (χ2n) is 5.77. The Morgan fingerprint density at radius 3 is 2.67 bits per heavy atom. The minimum absolute atomic E-state index is 0.229. The molecule has 6 heteroatoms. The average molecular weight is 328 g/mol. The van der Waals surface area contributed by atoms with Gasteiger partial charge >= 0.3 is 6.03 Å². The number of anilines is 1. The third-order valence-corrected chi connectivity index (χ3v) is 3.61. The van der Waals surface area contributed by atoms with E-state index in [-0.39, 0.29) is 6.03 Å². The summed E-state index contributed by atoms with van der Waals surface area (Å²) in [5.41, 5.74) is 0.677. The SMILES string of the molecule is CC(C)N(C)CCNC(=O)Nc1cccc(Oc2ccncc2)c1. The smallest absolute Gasteiger partial charge is 0.319 e. The molecule has 2 amide bonds. The number of nitrogens with one attached hydrogen (secondary N) is 2. The molecule has 0 unspecified atom stereocenters. The lowest BCUT2D eigenvalue weighted by molar-refractivity contribution is 0.244. The first kappa shape index (κ1) is 17.7. The van der Waals surface area contributed by atoms with E-state index in [1.807, 2.05) is 25.2 Å². The molecule has 0 fully saturated rings. The Bertz CT molecular complexity index is 646. The molecule has 0 aliphatic carbocycles. The molecule has 0 spiro atoms. The van der Waals surface area contributed by atoms with Gasteiger partial charge in [-0.05, 0) is 45.2 Å². The van der Waals surface area contributed by atoms with E-state index in [0.717, 1.165) is 6.54 Å². The fraction of sp³-hybridized carbons (Fsp3) is 0.333. The molecular weight excluding hydrogens is 304 g/mol. The molecule has 0 aliphatic heterocycles. The van der Waals surface area contributed by atoms with Crippen molar-refractivity contribution in [2.24, 2.45) is 0 Å². The average Bonchev–Trinajstić information content (AvgIpc) is 2.56. The summed E-state index contributed by atoms with van der Waals surface area (Å²) < 4.78 is 5.72. The van der Waals surface area contributed by atoms with Gasteiger partial charge in [-0.25, -0.2) is 4.79 Å². The van der Waals surface area contributed by atoms with Crippen LogP contribution in [0.4, 0.5) is 10.5 Å². The lowest BCUT2D eigenvalue weighted by atomic mass is 10.3. The second kappa shape index (κ2) is 8.88. The predicted molar refractivity (Wildman–Crippen MR) is 95.5 cm³/mol. The summed E-state index contributed by atoms with van der Waals surface area (Å²) in [4.78, 5) is 18.1. The fourth-order valence-electron chi connectivity index (χ4n) is 1.96. The Morgan fingerprint density at radius 2 is 1.96 bits per heavy atom. The monoisotopic (exact) mass is 328 g/mol. The van der Waals surface area contributed by atoms with E-state index in [2.05, 4.69) is 34.4 Å². The number of urea groups is 1. The number of carbonyl (C=O) groups is 1. The number of likely N-dealkylation sites (N-methyl/N-ethyl adjacent to an activating group) is 1. The summed E-state index contributed by atoms with van der Waals surface area (Å²) in [6.07, 6.45) is 3.33. The number of rotatable bonds is 7. The predicted octanol–water partition coefficient (Wildman–Crippen LogP) is 3.34. The van der Waals surface area contributed by atoms with Crippen molar-refractivity contribution in [1.82, 2.24) is 15.2 Å². The van der Waals surface area contributed by atoms with Crippen LogP contribution in [0.2, 0.25) is 0 Å². The van der Waals surface area contributed by atoms with Crippen LogP contribution in [0.15, 0.2) is 48.8 Å². The topological polar surface area (TPSA) is 66.5 Å². The number of carbonyl (C=O) groups excluding carboxylic acids is 1. The normalized spacial score (nSPS) is 10.7. The van der Waals surface area contributed by atoms with Crippen LogP contribution in [0.25, 0.3) is 0 Å². The summed E-state index contributed by atoms with van der Waals surface area (Å²) in [6, 6.07) is 11.0. The maximum Gasteiger partial charge on any atom is 0.319 e. The van der Waals surface area contributed by atoms with Crippen LogP contribution in [0.3, 0.4) is 0 Å². The Morgan fingerprint density at radius 1 is 1.21 bits per heavy atom. The summed E-state index contributed by atoms with van der Waals surface area (Å²) in [7, 11) is 2.03. The van der Waals surface area contributed by atoms with Crippen LogP contribution >= 0.6 is 0 Å². The first-order valence-corrected chi connectivity index (χ1v) is 7.97. The van der Waals surface area contributed by atoms with Crippen LogP contribution in [-0.2, 0) is 0 Å². The first-order chi connectivity index (χ1) is 11.5. The van der Waals surface area contributed by atoms with Gasteiger partial charge in [-0.15, -0.1) is 0 Å². The van der Waals surface area contributed by atoms with Gasteiger partial charge < -0.3 is 20.3 Å². The van der Waals surface area contributed by atoms with Crippen LogP contribution in [0.1, 0.15) is 13.8 Å². The highest BCUT2D eigenvalue weighted by molar-refractivity contribution is 5.89. The molecule has 0 bridgehead atoms. The Balaban J connectivity index is 1.84. The number of ether oxygens (including phenoxy) is 1. The molecule has 6 nitrogen and oxygen atoms in total. The quantitative estimate of drug-likeness (QED) is 0.818. The number of benzene rings is 1. The number of nitrogens with zero attached hydrogens (tertiary/aromatic N) is 2. The largest absolute Gasteiger partial charge is 0.457 e. The van der Waals surface area contributed by atoms with Crippen LogP contribution in [0.5, 0.6) is 11.5 Å². The van der Waals surface area contributed by atoms with Gasteiger partial charge in [-0.3, -0.25) is 4.98 Å². The first-order valence-electron chi connectivity index (χ1n) is 7.97. The molecule has 2 rings (SSSR count). The molecule has 0 radical (unpaired) electrons. The standard InChI is InChI=1S/C18H24N4O2/c1-14(2)22(3)12-11-20-18(23)21-15-5-4-6-17(13-15)24-16-7-9-19-10-8-16/h4-10,13-14H,11-12H2,1-3H3,(H2,20,21,23). The maximum atomic E-state index is 11.9. The van der Waals surface area contributed by atoms with Gasteiger partial charge in [-0.1, -0.05) is 6.07 Å². The zero-order valence-electron chi connectivity index (χ0n) is 14.3. The minimum atomic E-state index is -0.229. The fourth-order valence-corrected chi connectivity index (χ4v) is 1.96. The molecule has 0 saturated carbocycles. The molecule has 1 aromatic heterocycles. The highest BCUT2D eigenvalue weighted by Gasteiger charge is 2.06. The molecule has 128 valence electrons. The molecule has 1 aromatic carbocycles. The summed E-state index contributed by atoms with van der Waals surface area (Å²) in [5.74, 6) is 1.35.